The lowest BCUT2D eigenvalue weighted by atomic mass is 10.2. The number of hydrogen-bond donors (Lipinski definition) is 1. The molecule has 20 heavy (non-hydrogen) atoms. The van der Waals surface area contributed by atoms with Crippen molar-refractivity contribution >= 4 is 21.6 Å². The van der Waals surface area contributed by atoms with E-state index < -0.39 is 17.5 Å². The van der Waals surface area contributed by atoms with Crippen molar-refractivity contribution in [2.24, 2.45) is 0 Å². The highest BCUT2D eigenvalue weighted by Gasteiger charge is 2.10. The van der Waals surface area contributed by atoms with Crippen LogP contribution >= 0.6 is 15.9 Å². The molecule has 106 valence electrons. The number of anilines is 1. The third-order valence-corrected chi connectivity index (χ3v) is 3.42. The first kappa shape index (κ1) is 14.7. The van der Waals surface area contributed by atoms with Crippen LogP contribution in [0.1, 0.15) is 5.56 Å². The zero-order valence-corrected chi connectivity index (χ0v) is 12.1. The largest absolute Gasteiger partial charge is 0.497 e. The monoisotopic (exact) mass is 345 g/mol. The van der Waals surface area contributed by atoms with Crippen LogP contribution in [-0.2, 0) is 6.54 Å². The topological polar surface area (TPSA) is 21.3 Å². The molecule has 0 aromatic heterocycles. The normalized spacial score (nSPS) is 10.4. The van der Waals surface area contributed by atoms with E-state index in [9.17, 15) is 13.2 Å². The Kier molecular flexibility index (Phi) is 4.54. The third kappa shape index (κ3) is 3.25. The molecule has 0 spiro atoms. The van der Waals surface area contributed by atoms with Gasteiger partial charge >= 0.3 is 0 Å². The summed E-state index contributed by atoms with van der Waals surface area (Å²) in [6, 6.07) is 6.61. The standard InChI is InChI=1S/C14H11BrF3NO/c1-20-9-2-3-10(15)14(5-9)19-7-8-4-12(17)13(18)6-11(8)16/h2-6,19H,7H2,1H3. The molecule has 0 aliphatic rings. The van der Waals surface area contributed by atoms with Gasteiger partial charge in [0.05, 0.1) is 12.8 Å². The Morgan fingerprint density at radius 1 is 1.05 bits per heavy atom. The summed E-state index contributed by atoms with van der Waals surface area (Å²) in [6.45, 7) is 0.0226. The van der Waals surface area contributed by atoms with Crippen molar-refractivity contribution < 1.29 is 17.9 Å². The van der Waals surface area contributed by atoms with Crippen molar-refractivity contribution in [3.63, 3.8) is 0 Å². The van der Waals surface area contributed by atoms with Crippen molar-refractivity contribution in [1.82, 2.24) is 0 Å². The Morgan fingerprint density at radius 2 is 1.75 bits per heavy atom. The summed E-state index contributed by atoms with van der Waals surface area (Å²) >= 11 is 3.33. The van der Waals surface area contributed by atoms with Crippen LogP contribution in [0.4, 0.5) is 18.9 Å². The number of ether oxygens (including phenoxy) is 1. The minimum atomic E-state index is -1.20. The second-order valence-corrected chi connectivity index (χ2v) is 4.91. The first-order valence-corrected chi connectivity index (χ1v) is 6.51. The van der Waals surface area contributed by atoms with E-state index >= 15 is 0 Å². The highest BCUT2D eigenvalue weighted by atomic mass is 79.9. The van der Waals surface area contributed by atoms with Crippen LogP contribution < -0.4 is 10.1 Å². The molecule has 2 aromatic rings. The number of nitrogens with one attached hydrogen (secondary N) is 1. The molecule has 0 aliphatic heterocycles. The Morgan fingerprint density at radius 3 is 2.45 bits per heavy atom. The summed E-state index contributed by atoms with van der Waals surface area (Å²) in [5, 5.41) is 2.94. The van der Waals surface area contributed by atoms with E-state index in [0.717, 1.165) is 10.5 Å². The van der Waals surface area contributed by atoms with Crippen molar-refractivity contribution in [2.75, 3.05) is 12.4 Å². The molecule has 0 unspecified atom stereocenters. The fraction of sp³-hybridized carbons (Fsp3) is 0.143. The van der Waals surface area contributed by atoms with Gasteiger partial charge < -0.3 is 10.1 Å². The summed E-state index contributed by atoms with van der Waals surface area (Å²) in [7, 11) is 1.53. The number of rotatable bonds is 4. The van der Waals surface area contributed by atoms with Crippen LogP contribution in [-0.4, -0.2) is 7.11 Å². The molecule has 2 nitrogen and oxygen atoms in total. The maximum Gasteiger partial charge on any atom is 0.161 e. The molecular weight excluding hydrogens is 335 g/mol. The number of methoxy groups -OCH3 is 1. The van der Waals surface area contributed by atoms with E-state index in [1.165, 1.54) is 7.11 Å². The lowest BCUT2D eigenvalue weighted by Gasteiger charge is -2.11. The van der Waals surface area contributed by atoms with Crippen LogP contribution in [0, 0.1) is 17.5 Å². The minimum Gasteiger partial charge on any atom is -0.497 e. The fourth-order valence-corrected chi connectivity index (χ4v) is 2.04. The molecule has 0 saturated heterocycles. The summed E-state index contributed by atoms with van der Waals surface area (Å²) in [4.78, 5) is 0. The summed E-state index contributed by atoms with van der Waals surface area (Å²) < 4.78 is 45.2. The number of halogens is 4. The van der Waals surface area contributed by atoms with Gasteiger partial charge in [-0.2, -0.15) is 0 Å². The van der Waals surface area contributed by atoms with E-state index in [1.54, 1.807) is 18.2 Å². The quantitative estimate of drug-likeness (QED) is 0.824. The van der Waals surface area contributed by atoms with E-state index in [2.05, 4.69) is 21.2 Å². The van der Waals surface area contributed by atoms with Gasteiger partial charge in [-0.3, -0.25) is 0 Å². The Bertz CT molecular complexity index is 634. The van der Waals surface area contributed by atoms with Gasteiger partial charge in [0.15, 0.2) is 11.6 Å². The summed E-state index contributed by atoms with van der Waals surface area (Å²) in [6.07, 6.45) is 0. The fourth-order valence-electron chi connectivity index (χ4n) is 1.66. The predicted octanol–water partition coefficient (Wildman–Crippen LogP) is 4.49. The molecule has 2 aromatic carbocycles. The van der Waals surface area contributed by atoms with Crippen molar-refractivity contribution in [1.29, 1.82) is 0 Å². The molecule has 0 bridgehead atoms. The SMILES string of the molecule is COc1ccc(Br)c(NCc2cc(F)c(F)cc2F)c1. The zero-order chi connectivity index (χ0) is 14.7. The van der Waals surface area contributed by atoms with Gasteiger partial charge in [0.2, 0.25) is 0 Å². The first-order valence-electron chi connectivity index (χ1n) is 5.72. The molecule has 1 N–H and O–H groups in total. The van der Waals surface area contributed by atoms with Gasteiger partial charge in [0.1, 0.15) is 11.6 Å². The van der Waals surface area contributed by atoms with Crippen molar-refractivity contribution in [3.05, 3.63) is 57.8 Å². The Balaban J connectivity index is 2.18. The van der Waals surface area contributed by atoms with Gasteiger partial charge in [-0.1, -0.05) is 0 Å². The molecule has 0 saturated carbocycles. The molecule has 0 atom stereocenters. The predicted molar refractivity (Wildman–Crippen MR) is 74.3 cm³/mol. The average Bonchev–Trinajstić information content (AvgIpc) is 2.43. The summed E-state index contributed by atoms with van der Waals surface area (Å²) in [5.74, 6) is -2.45. The lowest BCUT2D eigenvalue weighted by molar-refractivity contribution is 0.415. The third-order valence-electron chi connectivity index (χ3n) is 2.73. The second kappa shape index (κ2) is 6.17. The zero-order valence-electron chi connectivity index (χ0n) is 10.5. The lowest BCUT2D eigenvalue weighted by Crippen LogP contribution is -2.04. The van der Waals surface area contributed by atoms with E-state index in [4.69, 9.17) is 4.74 Å². The Labute approximate surface area is 122 Å². The van der Waals surface area contributed by atoms with Crippen LogP contribution in [0.25, 0.3) is 0 Å². The molecule has 0 heterocycles. The molecule has 0 radical (unpaired) electrons. The Hall–Kier alpha value is -1.69. The van der Waals surface area contributed by atoms with E-state index in [-0.39, 0.29) is 12.1 Å². The molecule has 0 aliphatic carbocycles. The van der Waals surface area contributed by atoms with Gasteiger partial charge in [-0.05, 0) is 34.1 Å². The highest BCUT2D eigenvalue weighted by Crippen LogP contribution is 2.27. The molecular formula is C14H11BrF3NO. The van der Waals surface area contributed by atoms with Crippen LogP contribution in [0.15, 0.2) is 34.8 Å². The number of benzene rings is 2. The smallest absolute Gasteiger partial charge is 0.161 e. The maximum absolute atomic E-state index is 13.5. The minimum absolute atomic E-state index is 0.0226. The molecule has 6 heteroatoms. The van der Waals surface area contributed by atoms with E-state index in [1.807, 2.05) is 0 Å². The van der Waals surface area contributed by atoms with Crippen molar-refractivity contribution in [3.8, 4) is 5.75 Å². The summed E-state index contributed by atoms with van der Waals surface area (Å²) in [5.41, 5.74) is 0.701. The van der Waals surface area contributed by atoms with Gasteiger partial charge in [0.25, 0.3) is 0 Å². The van der Waals surface area contributed by atoms with Crippen LogP contribution in [0.2, 0.25) is 0 Å². The average molecular weight is 346 g/mol. The molecule has 0 fully saturated rings. The number of hydrogen-bond acceptors (Lipinski definition) is 2. The van der Waals surface area contributed by atoms with Crippen molar-refractivity contribution in [2.45, 2.75) is 6.54 Å². The molecule has 2 rings (SSSR count). The van der Waals surface area contributed by atoms with Crippen LogP contribution in [0.3, 0.4) is 0 Å². The molecule has 0 amide bonds. The highest BCUT2D eigenvalue weighted by molar-refractivity contribution is 9.10. The van der Waals surface area contributed by atoms with E-state index in [0.29, 0.717) is 17.5 Å². The van der Waals surface area contributed by atoms with Gasteiger partial charge in [-0.25, -0.2) is 13.2 Å². The van der Waals surface area contributed by atoms with Gasteiger partial charge in [0, 0.05) is 28.7 Å². The second-order valence-electron chi connectivity index (χ2n) is 4.06. The van der Waals surface area contributed by atoms with Crippen LogP contribution in [0.5, 0.6) is 5.75 Å². The maximum atomic E-state index is 13.5. The first-order chi connectivity index (χ1) is 9.51. The van der Waals surface area contributed by atoms with Gasteiger partial charge in [-0.15, -0.1) is 0 Å².